The van der Waals surface area contributed by atoms with Gasteiger partial charge in [0.25, 0.3) is 5.91 Å². The molecule has 0 bridgehead atoms. The fraction of sp³-hybridized carbons (Fsp3) is 0.188. The summed E-state index contributed by atoms with van der Waals surface area (Å²) < 4.78 is 0. The fourth-order valence-corrected chi connectivity index (χ4v) is 2.17. The number of aromatic nitrogens is 5. The Hall–Kier alpha value is -2.80. The van der Waals surface area contributed by atoms with E-state index < -0.39 is 0 Å². The maximum Gasteiger partial charge on any atom is 0.272 e. The van der Waals surface area contributed by atoms with Gasteiger partial charge in [-0.3, -0.25) is 14.9 Å². The molecule has 1 amide bonds. The molecule has 7 nitrogen and oxygen atoms in total. The molecular weight excluding hydrogens is 328 g/mol. The van der Waals surface area contributed by atoms with Crippen LogP contribution in [0.25, 0.3) is 11.4 Å². The Morgan fingerprint density at radius 2 is 1.96 bits per heavy atom. The van der Waals surface area contributed by atoms with Crippen molar-refractivity contribution < 1.29 is 4.79 Å². The molecule has 3 aromatic rings. The molecule has 24 heavy (non-hydrogen) atoms. The van der Waals surface area contributed by atoms with Gasteiger partial charge >= 0.3 is 0 Å². The number of H-pyrrole nitrogens is 1. The molecule has 0 spiro atoms. The zero-order valence-corrected chi connectivity index (χ0v) is 13.9. The van der Waals surface area contributed by atoms with Gasteiger partial charge in [-0.05, 0) is 38.1 Å². The van der Waals surface area contributed by atoms with Crippen molar-refractivity contribution in [2.75, 3.05) is 0 Å². The molecule has 0 radical (unpaired) electrons. The van der Waals surface area contributed by atoms with Crippen molar-refractivity contribution in [3.8, 4) is 11.4 Å². The van der Waals surface area contributed by atoms with Gasteiger partial charge in [0.2, 0.25) is 0 Å². The number of halogens is 1. The Morgan fingerprint density at radius 1 is 1.21 bits per heavy atom. The molecule has 2 N–H and O–H groups in total. The highest BCUT2D eigenvalue weighted by atomic mass is 35.5. The van der Waals surface area contributed by atoms with Crippen molar-refractivity contribution in [3.63, 3.8) is 0 Å². The number of nitrogens with zero attached hydrogens (tertiary/aromatic N) is 4. The molecule has 0 aliphatic heterocycles. The zero-order valence-electron chi connectivity index (χ0n) is 13.1. The van der Waals surface area contributed by atoms with E-state index in [2.05, 4.69) is 30.5 Å². The molecule has 8 heteroatoms. The third-order valence-corrected chi connectivity index (χ3v) is 3.63. The van der Waals surface area contributed by atoms with Crippen LogP contribution in [0.15, 0.2) is 36.7 Å². The van der Waals surface area contributed by atoms with Crippen LogP contribution in [-0.2, 0) is 0 Å². The summed E-state index contributed by atoms with van der Waals surface area (Å²) in [6, 6.07) is 6.86. The highest BCUT2D eigenvalue weighted by Crippen LogP contribution is 2.19. The number of nitrogens with one attached hydrogen (secondary N) is 2. The summed E-state index contributed by atoms with van der Waals surface area (Å²) in [5.41, 5.74) is 1.84. The molecule has 122 valence electrons. The Morgan fingerprint density at radius 3 is 2.62 bits per heavy atom. The number of amides is 1. The second kappa shape index (κ2) is 6.76. The quantitative estimate of drug-likeness (QED) is 0.759. The van der Waals surface area contributed by atoms with E-state index in [1.807, 2.05) is 26.0 Å². The number of aromatic amines is 1. The topological polar surface area (TPSA) is 96.5 Å². The van der Waals surface area contributed by atoms with E-state index in [-0.39, 0.29) is 17.6 Å². The van der Waals surface area contributed by atoms with Crippen molar-refractivity contribution in [1.29, 1.82) is 0 Å². The lowest BCUT2D eigenvalue weighted by Gasteiger charge is -2.10. The minimum absolute atomic E-state index is 0.255. The summed E-state index contributed by atoms with van der Waals surface area (Å²) in [6.07, 6.45) is 2.99. The predicted octanol–water partition coefficient (Wildman–Crippen LogP) is 2.71. The number of benzene rings is 1. The van der Waals surface area contributed by atoms with Gasteiger partial charge in [0, 0.05) is 16.8 Å². The highest BCUT2D eigenvalue weighted by molar-refractivity contribution is 6.30. The second-order valence-corrected chi connectivity index (χ2v) is 5.73. The molecule has 2 aromatic heterocycles. The third kappa shape index (κ3) is 3.57. The van der Waals surface area contributed by atoms with Gasteiger partial charge in [-0.25, -0.2) is 9.97 Å². The number of carbonyl (C=O) groups is 1. The lowest BCUT2D eigenvalue weighted by molar-refractivity contribution is 0.0933. The van der Waals surface area contributed by atoms with Gasteiger partial charge in [0.05, 0.1) is 17.9 Å². The van der Waals surface area contributed by atoms with Crippen LogP contribution in [0.5, 0.6) is 0 Å². The zero-order chi connectivity index (χ0) is 17.1. The van der Waals surface area contributed by atoms with E-state index in [0.29, 0.717) is 16.7 Å². The van der Waals surface area contributed by atoms with Crippen molar-refractivity contribution in [3.05, 3.63) is 58.9 Å². The van der Waals surface area contributed by atoms with E-state index in [1.54, 1.807) is 18.3 Å². The first-order valence-electron chi connectivity index (χ1n) is 7.30. The van der Waals surface area contributed by atoms with Crippen molar-refractivity contribution >= 4 is 17.5 Å². The first-order valence-corrected chi connectivity index (χ1v) is 7.68. The summed E-state index contributed by atoms with van der Waals surface area (Å²) in [5, 5.41) is 10.5. The predicted molar refractivity (Wildman–Crippen MR) is 89.5 cm³/mol. The summed E-state index contributed by atoms with van der Waals surface area (Å²) >= 11 is 5.87. The van der Waals surface area contributed by atoms with Crippen LogP contribution in [0.4, 0.5) is 0 Å². The van der Waals surface area contributed by atoms with Crippen molar-refractivity contribution in [2.24, 2.45) is 0 Å². The minimum atomic E-state index is -0.353. The Labute approximate surface area is 143 Å². The number of rotatable bonds is 4. The number of carbonyl (C=O) groups excluding carboxylic acids is 1. The van der Waals surface area contributed by atoms with Gasteiger partial charge in [0.15, 0.2) is 5.82 Å². The molecule has 3 rings (SSSR count). The van der Waals surface area contributed by atoms with Crippen LogP contribution >= 0.6 is 11.6 Å². The maximum absolute atomic E-state index is 12.2. The van der Waals surface area contributed by atoms with Crippen LogP contribution in [0.3, 0.4) is 0 Å². The van der Waals surface area contributed by atoms with Crippen molar-refractivity contribution in [2.45, 2.75) is 19.9 Å². The van der Waals surface area contributed by atoms with Crippen LogP contribution in [0, 0.1) is 6.92 Å². The van der Waals surface area contributed by atoms with E-state index in [0.717, 1.165) is 11.3 Å². The van der Waals surface area contributed by atoms with E-state index in [4.69, 9.17) is 11.6 Å². The first-order chi connectivity index (χ1) is 11.5. The molecule has 1 aromatic carbocycles. The normalized spacial score (nSPS) is 12.0. The molecule has 0 saturated heterocycles. The summed E-state index contributed by atoms with van der Waals surface area (Å²) in [5.74, 6) is 0.769. The summed E-state index contributed by atoms with van der Waals surface area (Å²) in [7, 11) is 0. The summed E-state index contributed by atoms with van der Waals surface area (Å²) in [6.45, 7) is 3.62. The number of hydrogen-bond donors (Lipinski definition) is 2. The molecule has 0 fully saturated rings. The van der Waals surface area contributed by atoms with Crippen molar-refractivity contribution in [1.82, 2.24) is 30.5 Å². The van der Waals surface area contributed by atoms with Crippen LogP contribution < -0.4 is 5.32 Å². The van der Waals surface area contributed by atoms with Gasteiger partial charge in [0.1, 0.15) is 11.5 Å². The maximum atomic E-state index is 12.2. The third-order valence-electron chi connectivity index (χ3n) is 3.38. The molecular formula is C16H15ClN6O. The molecule has 0 aliphatic rings. The Kier molecular flexibility index (Phi) is 4.52. The standard InChI is InChI=1S/C16H15ClN6O/c1-9-7-19-13(8-18-9)16(24)20-10(2)14-21-15(23-22-14)11-3-5-12(17)6-4-11/h3-8,10H,1-2H3,(H,20,24)(H,21,22,23)/t10-/m1/s1. The average Bonchev–Trinajstić information content (AvgIpc) is 3.06. The van der Waals surface area contributed by atoms with E-state index >= 15 is 0 Å². The smallest absolute Gasteiger partial charge is 0.272 e. The number of hydrogen-bond acceptors (Lipinski definition) is 5. The largest absolute Gasteiger partial charge is 0.341 e. The lowest BCUT2D eigenvalue weighted by Crippen LogP contribution is -2.28. The molecule has 0 saturated carbocycles. The van der Waals surface area contributed by atoms with Crippen LogP contribution in [0.2, 0.25) is 5.02 Å². The molecule has 2 heterocycles. The molecule has 0 unspecified atom stereocenters. The molecule has 1 atom stereocenters. The Balaban J connectivity index is 1.71. The highest BCUT2D eigenvalue weighted by Gasteiger charge is 2.16. The van der Waals surface area contributed by atoms with Gasteiger partial charge in [-0.2, -0.15) is 5.10 Å². The first kappa shape index (κ1) is 16.1. The summed E-state index contributed by atoms with van der Waals surface area (Å²) in [4.78, 5) is 24.7. The molecule has 0 aliphatic carbocycles. The monoisotopic (exact) mass is 342 g/mol. The van der Waals surface area contributed by atoms with E-state index in [1.165, 1.54) is 6.20 Å². The SMILES string of the molecule is Cc1cnc(C(=O)N[C@H](C)c2nc(-c3ccc(Cl)cc3)n[nH]2)cn1. The van der Waals surface area contributed by atoms with Crippen LogP contribution in [0.1, 0.15) is 35.0 Å². The van der Waals surface area contributed by atoms with Gasteiger partial charge < -0.3 is 5.32 Å². The average molecular weight is 343 g/mol. The Bertz CT molecular complexity index is 844. The lowest BCUT2D eigenvalue weighted by atomic mass is 10.2. The van der Waals surface area contributed by atoms with E-state index in [9.17, 15) is 4.79 Å². The van der Waals surface area contributed by atoms with Gasteiger partial charge in [-0.1, -0.05) is 11.6 Å². The van der Waals surface area contributed by atoms with Gasteiger partial charge in [-0.15, -0.1) is 0 Å². The number of aryl methyl sites for hydroxylation is 1. The minimum Gasteiger partial charge on any atom is -0.341 e. The fourth-order valence-electron chi connectivity index (χ4n) is 2.04. The van der Waals surface area contributed by atoms with Crippen LogP contribution in [-0.4, -0.2) is 31.1 Å². The second-order valence-electron chi connectivity index (χ2n) is 5.29.